The van der Waals surface area contributed by atoms with Crippen molar-refractivity contribution in [2.45, 2.75) is 19.6 Å². The number of benzene rings is 1. The third-order valence-electron chi connectivity index (χ3n) is 3.45. The molecule has 0 aliphatic carbocycles. The van der Waals surface area contributed by atoms with E-state index in [2.05, 4.69) is 10.3 Å². The number of rotatable bonds is 5. The molecule has 0 bridgehead atoms. The van der Waals surface area contributed by atoms with E-state index < -0.39 is 35.8 Å². The molecule has 0 spiro atoms. The minimum Gasteiger partial charge on any atom is -0.350 e. The molecule has 2 aromatic rings. The molecule has 0 aliphatic rings. The monoisotopic (exact) mass is 385 g/mol. The molecule has 0 saturated heterocycles. The third kappa shape index (κ3) is 5.19. The van der Waals surface area contributed by atoms with Gasteiger partial charge in [-0.25, -0.2) is 0 Å². The average Bonchev–Trinajstić information content (AvgIpc) is 2.58. The SMILES string of the molecule is CC(=O)N(CC(=O)NCc1cccnc1)c1ccc(Cl)cc1C(F)(F)F. The molecule has 1 aromatic carbocycles. The number of alkyl halides is 3. The number of nitrogens with one attached hydrogen (secondary N) is 1. The standard InChI is InChI=1S/C17H15ClF3N3O2/c1-11(25)24(10-16(26)23-9-12-3-2-6-22-8-12)15-5-4-13(18)7-14(15)17(19,20)21/h2-8H,9-10H2,1H3,(H,23,26). The van der Waals surface area contributed by atoms with Crippen molar-refractivity contribution >= 4 is 29.1 Å². The topological polar surface area (TPSA) is 62.3 Å². The minimum atomic E-state index is -4.72. The lowest BCUT2D eigenvalue weighted by Gasteiger charge is -2.24. The third-order valence-corrected chi connectivity index (χ3v) is 3.68. The summed E-state index contributed by atoms with van der Waals surface area (Å²) in [5.74, 6) is -1.30. The fourth-order valence-corrected chi connectivity index (χ4v) is 2.41. The lowest BCUT2D eigenvalue weighted by molar-refractivity contribution is -0.137. The van der Waals surface area contributed by atoms with Gasteiger partial charge in [-0.15, -0.1) is 0 Å². The van der Waals surface area contributed by atoms with Gasteiger partial charge in [0.2, 0.25) is 11.8 Å². The quantitative estimate of drug-likeness (QED) is 0.857. The van der Waals surface area contributed by atoms with Crippen LogP contribution in [0.3, 0.4) is 0 Å². The molecule has 0 saturated carbocycles. The van der Waals surface area contributed by atoms with Gasteiger partial charge in [-0.2, -0.15) is 13.2 Å². The molecule has 2 rings (SSSR count). The molecule has 9 heteroatoms. The van der Waals surface area contributed by atoms with Crippen LogP contribution < -0.4 is 10.2 Å². The van der Waals surface area contributed by atoms with Crippen LogP contribution in [0.2, 0.25) is 5.02 Å². The maximum Gasteiger partial charge on any atom is 0.418 e. The molecule has 5 nitrogen and oxygen atoms in total. The summed E-state index contributed by atoms with van der Waals surface area (Å²) in [5, 5.41) is 2.42. The molecular formula is C17H15ClF3N3O2. The molecule has 0 fully saturated rings. The highest BCUT2D eigenvalue weighted by Gasteiger charge is 2.36. The van der Waals surface area contributed by atoms with Gasteiger partial charge in [-0.05, 0) is 29.8 Å². The Morgan fingerprint density at radius 3 is 2.58 bits per heavy atom. The van der Waals surface area contributed by atoms with Crippen LogP contribution in [0.15, 0.2) is 42.7 Å². The van der Waals surface area contributed by atoms with Gasteiger partial charge in [0.05, 0.1) is 11.3 Å². The van der Waals surface area contributed by atoms with Gasteiger partial charge in [-0.3, -0.25) is 14.6 Å². The smallest absolute Gasteiger partial charge is 0.350 e. The number of halogens is 4. The van der Waals surface area contributed by atoms with E-state index in [1.165, 1.54) is 6.07 Å². The van der Waals surface area contributed by atoms with Crippen molar-refractivity contribution in [1.29, 1.82) is 0 Å². The minimum absolute atomic E-state index is 0.120. The van der Waals surface area contributed by atoms with Gasteiger partial charge in [0.15, 0.2) is 0 Å². The van der Waals surface area contributed by atoms with Crippen LogP contribution in [0.5, 0.6) is 0 Å². The van der Waals surface area contributed by atoms with Crippen LogP contribution in [0.25, 0.3) is 0 Å². The Hall–Kier alpha value is -2.61. The van der Waals surface area contributed by atoms with Crippen molar-refractivity contribution in [3.8, 4) is 0 Å². The zero-order valence-corrected chi connectivity index (χ0v) is 14.4. The van der Waals surface area contributed by atoms with E-state index in [0.29, 0.717) is 0 Å². The van der Waals surface area contributed by atoms with E-state index >= 15 is 0 Å². The Bertz CT molecular complexity index is 798. The number of carbonyl (C=O) groups is 2. The highest BCUT2D eigenvalue weighted by molar-refractivity contribution is 6.30. The van der Waals surface area contributed by atoms with Crippen LogP contribution in [0, 0.1) is 0 Å². The first-order valence-corrected chi connectivity index (χ1v) is 7.86. The molecular weight excluding hydrogens is 371 g/mol. The van der Waals surface area contributed by atoms with Gasteiger partial charge in [-0.1, -0.05) is 17.7 Å². The van der Waals surface area contributed by atoms with Gasteiger partial charge in [0.1, 0.15) is 6.54 Å². The molecule has 0 radical (unpaired) electrons. The summed E-state index contributed by atoms with van der Waals surface area (Å²) in [6, 6.07) is 6.45. The number of hydrogen-bond donors (Lipinski definition) is 1. The van der Waals surface area contributed by atoms with Crippen LogP contribution in [-0.2, 0) is 22.3 Å². The second-order valence-corrected chi connectivity index (χ2v) is 5.84. The van der Waals surface area contributed by atoms with Crippen LogP contribution >= 0.6 is 11.6 Å². The number of hydrogen-bond acceptors (Lipinski definition) is 3. The molecule has 0 aliphatic heterocycles. The molecule has 0 atom stereocenters. The Morgan fingerprint density at radius 1 is 1.27 bits per heavy atom. The highest BCUT2D eigenvalue weighted by atomic mass is 35.5. The maximum atomic E-state index is 13.3. The second kappa shape index (κ2) is 8.18. The predicted octanol–water partition coefficient (Wildman–Crippen LogP) is 3.42. The van der Waals surface area contributed by atoms with E-state index in [-0.39, 0.29) is 11.6 Å². The average molecular weight is 386 g/mol. The van der Waals surface area contributed by atoms with E-state index in [9.17, 15) is 22.8 Å². The summed E-state index contributed by atoms with van der Waals surface area (Å²) < 4.78 is 39.8. The van der Waals surface area contributed by atoms with Gasteiger partial charge in [0.25, 0.3) is 0 Å². The van der Waals surface area contributed by atoms with E-state index in [1.807, 2.05) is 0 Å². The molecule has 1 heterocycles. The number of amides is 2. The maximum absolute atomic E-state index is 13.3. The first-order chi connectivity index (χ1) is 12.2. The van der Waals surface area contributed by atoms with Crippen molar-refractivity contribution < 1.29 is 22.8 Å². The second-order valence-electron chi connectivity index (χ2n) is 5.40. The Balaban J connectivity index is 2.19. The molecule has 0 unspecified atom stereocenters. The van der Waals surface area contributed by atoms with Gasteiger partial charge < -0.3 is 10.2 Å². The van der Waals surface area contributed by atoms with Crippen molar-refractivity contribution in [3.63, 3.8) is 0 Å². The van der Waals surface area contributed by atoms with Gasteiger partial charge >= 0.3 is 6.18 Å². The van der Waals surface area contributed by atoms with Crippen molar-refractivity contribution in [2.75, 3.05) is 11.4 Å². The van der Waals surface area contributed by atoms with E-state index in [1.54, 1.807) is 24.5 Å². The molecule has 2 amide bonds. The summed E-state index contributed by atoms with van der Waals surface area (Å²) in [7, 11) is 0. The van der Waals surface area contributed by atoms with E-state index in [0.717, 1.165) is 29.5 Å². The summed E-state index contributed by atoms with van der Waals surface area (Å²) in [6.07, 6.45) is -1.61. The normalized spacial score (nSPS) is 11.1. The number of aromatic nitrogens is 1. The van der Waals surface area contributed by atoms with E-state index in [4.69, 9.17) is 11.6 Å². The Morgan fingerprint density at radius 2 is 2.00 bits per heavy atom. The summed E-state index contributed by atoms with van der Waals surface area (Å²) >= 11 is 5.64. The molecule has 138 valence electrons. The fraction of sp³-hybridized carbons (Fsp3) is 0.235. The first-order valence-electron chi connectivity index (χ1n) is 7.49. The van der Waals surface area contributed by atoms with Crippen LogP contribution in [0.1, 0.15) is 18.1 Å². The number of nitrogens with zero attached hydrogens (tertiary/aromatic N) is 2. The van der Waals surface area contributed by atoms with Crippen LogP contribution in [-0.4, -0.2) is 23.3 Å². The summed E-state index contributed by atoms with van der Waals surface area (Å²) in [4.78, 5) is 28.6. The Labute approximate surface area is 152 Å². The highest BCUT2D eigenvalue weighted by Crippen LogP contribution is 2.38. The van der Waals surface area contributed by atoms with Crippen molar-refractivity contribution in [1.82, 2.24) is 10.3 Å². The zero-order valence-electron chi connectivity index (χ0n) is 13.7. The molecule has 1 N–H and O–H groups in total. The zero-order chi connectivity index (χ0) is 19.3. The predicted molar refractivity (Wildman–Crippen MR) is 90.6 cm³/mol. The lowest BCUT2D eigenvalue weighted by Crippen LogP contribution is -2.40. The first kappa shape index (κ1) is 19.7. The number of carbonyl (C=O) groups excluding carboxylic acids is 2. The van der Waals surface area contributed by atoms with Crippen molar-refractivity contribution in [2.24, 2.45) is 0 Å². The summed E-state index contributed by atoms with van der Waals surface area (Å²) in [5.41, 5.74) is -0.788. The number of anilines is 1. The molecule has 26 heavy (non-hydrogen) atoms. The van der Waals surface area contributed by atoms with Crippen LogP contribution in [0.4, 0.5) is 18.9 Å². The molecule has 1 aromatic heterocycles. The van der Waals surface area contributed by atoms with Crippen molar-refractivity contribution in [3.05, 3.63) is 58.9 Å². The fourth-order valence-electron chi connectivity index (χ4n) is 2.24. The number of pyridine rings is 1. The Kier molecular flexibility index (Phi) is 6.20. The lowest BCUT2D eigenvalue weighted by atomic mass is 10.1. The summed E-state index contributed by atoms with van der Waals surface area (Å²) in [6.45, 7) is 0.675. The van der Waals surface area contributed by atoms with Gasteiger partial charge in [0, 0.05) is 30.9 Å². The largest absolute Gasteiger partial charge is 0.418 e.